The lowest BCUT2D eigenvalue weighted by Crippen LogP contribution is -2.36. The molecule has 0 bridgehead atoms. The maximum Gasteiger partial charge on any atom is 0.573 e. The predicted molar refractivity (Wildman–Crippen MR) is 96.9 cm³/mol. The Kier molecular flexibility index (Phi) is 4.94. The third-order valence-corrected chi connectivity index (χ3v) is 5.26. The van der Waals surface area contributed by atoms with E-state index in [2.05, 4.69) is 19.6 Å². The fourth-order valence-electron chi connectivity index (χ4n) is 2.87. The Labute approximate surface area is 161 Å². The Morgan fingerprint density at radius 1 is 1.18 bits per heavy atom. The summed E-state index contributed by atoms with van der Waals surface area (Å²) in [7, 11) is 0. The first-order valence-corrected chi connectivity index (χ1v) is 9.24. The Balaban J connectivity index is 1.61. The normalized spacial score (nSPS) is 15.2. The van der Waals surface area contributed by atoms with Crippen LogP contribution in [0.2, 0.25) is 0 Å². The van der Waals surface area contributed by atoms with Crippen LogP contribution in [0.25, 0.3) is 10.3 Å². The molecule has 148 valence electrons. The van der Waals surface area contributed by atoms with Crippen molar-refractivity contribution in [1.29, 1.82) is 0 Å². The molecule has 0 radical (unpaired) electrons. The maximum absolute atomic E-state index is 12.3. The van der Waals surface area contributed by atoms with Gasteiger partial charge in [0.05, 0.1) is 19.8 Å². The van der Waals surface area contributed by atoms with Gasteiger partial charge in [-0.2, -0.15) is 4.98 Å². The van der Waals surface area contributed by atoms with Gasteiger partial charge in [-0.1, -0.05) is 23.5 Å². The summed E-state index contributed by atoms with van der Waals surface area (Å²) in [6.45, 7) is 2.90. The second-order valence-electron chi connectivity index (χ2n) is 6.12. The number of ether oxygens (including phenoxy) is 2. The molecular formula is C17H15F3N4O3S. The molecule has 0 atom stereocenters. The number of halogens is 3. The third-order valence-electron chi connectivity index (χ3n) is 4.17. The highest BCUT2D eigenvalue weighted by Gasteiger charge is 2.31. The lowest BCUT2D eigenvalue weighted by Gasteiger charge is -2.25. The second kappa shape index (κ2) is 7.40. The number of aromatic nitrogens is 3. The molecule has 3 aromatic rings. The van der Waals surface area contributed by atoms with Gasteiger partial charge in [0.25, 0.3) is 5.56 Å². The fourth-order valence-corrected chi connectivity index (χ4v) is 3.89. The first-order valence-electron chi connectivity index (χ1n) is 8.42. The highest BCUT2D eigenvalue weighted by molar-refractivity contribution is 7.22. The molecule has 0 amide bonds. The molecule has 1 aliphatic heterocycles. The van der Waals surface area contributed by atoms with Crippen molar-refractivity contribution in [1.82, 2.24) is 14.5 Å². The minimum absolute atomic E-state index is 0.289. The largest absolute Gasteiger partial charge is 0.573 e. The molecule has 0 N–H and O–H groups in total. The summed E-state index contributed by atoms with van der Waals surface area (Å²) in [5, 5.41) is 0.728. The number of alkyl halides is 3. The molecule has 1 fully saturated rings. The van der Waals surface area contributed by atoms with Crippen LogP contribution in [0.5, 0.6) is 5.75 Å². The number of hydrogen-bond donors (Lipinski definition) is 0. The second-order valence-corrected chi connectivity index (χ2v) is 7.10. The Hall–Kier alpha value is -2.66. The quantitative estimate of drug-likeness (QED) is 0.656. The van der Waals surface area contributed by atoms with E-state index in [-0.39, 0.29) is 11.3 Å². The number of fused-ring (bicyclic) bond motifs is 1. The summed E-state index contributed by atoms with van der Waals surface area (Å²) in [4.78, 5) is 22.7. The first kappa shape index (κ1) is 18.7. The van der Waals surface area contributed by atoms with Gasteiger partial charge in [-0.05, 0) is 17.7 Å². The van der Waals surface area contributed by atoms with Gasteiger partial charge in [0.2, 0.25) is 0 Å². The lowest BCUT2D eigenvalue weighted by atomic mass is 10.2. The van der Waals surface area contributed by atoms with Gasteiger partial charge in [0, 0.05) is 13.1 Å². The van der Waals surface area contributed by atoms with Gasteiger partial charge < -0.3 is 18.9 Å². The molecule has 1 aliphatic rings. The van der Waals surface area contributed by atoms with Gasteiger partial charge >= 0.3 is 6.36 Å². The number of anilines is 1. The Morgan fingerprint density at radius 3 is 2.57 bits per heavy atom. The molecule has 28 heavy (non-hydrogen) atoms. The van der Waals surface area contributed by atoms with Crippen LogP contribution in [0, 0.1) is 0 Å². The van der Waals surface area contributed by atoms with E-state index in [1.54, 1.807) is 4.57 Å². The van der Waals surface area contributed by atoms with Crippen LogP contribution in [0.3, 0.4) is 0 Å². The van der Waals surface area contributed by atoms with Crippen molar-refractivity contribution in [3.63, 3.8) is 0 Å². The molecule has 0 unspecified atom stereocenters. The molecular weight excluding hydrogens is 397 g/mol. The minimum atomic E-state index is -4.73. The van der Waals surface area contributed by atoms with Crippen molar-refractivity contribution in [3.8, 4) is 5.75 Å². The van der Waals surface area contributed by atoms with E-state index in [9.17, 15) is 18.0 Å². The summed E-state index contributed by atoms with van der Waals surface area (Å²) in [6.07, 6.45) is -3.33. The molecule has 3 heterocycles. The summed E-state index contributed by atoms with van der Waals surface area (Å²) in [5.41, 5.74) is 0.876. The van der Waals surface area contributed by atoms with E-state index in [4.69, 9.17) is 4.74 Å². The monoisotopic (exact) mass is 412 g/mol. The average Bonchev–Trinajstić information content (AvgIpc) is 3.12. The summed E-state index contributed by atoms with van der Waals surface area (Å²) in [6, 6.07) is 5.55. The summed E-state index contributed by atoms with van der Waals surface area (Å²) < 4.78 is 48.2. The van der Waals surface area contributed by atoms with Crippen LogP contribution in [-0.4, -0.2) is 47.2 Å². The van der Waals surface area contributed by atoms with Crippen LogP contribution < -0.4 is 15.2 Å². The van der Waals surface area contributed by atoms with E-state index in [0.717, 1.165) is 10.7 Å². The van der Waals surface area contributed by atoms with Crippen molar-refractivity contribution >= 4 is 26.8 Å². The highest BCUT2D eigenvalue weighted by atomic mass is 32.1. The molecule has 1 aromatic carbocycles. The summed E-state index contributed by atoms with van der Waals surface area (Å²) in [5.74, 6) is -0.289. The average molecular weight is 412 g/mol. The molecule has 0 aliphatic carbocycles. The van der Waals surface area contributed by atoms with Gasteiger partial charge in [0.1, 0.15) is 16.8 Å². The van der Waals surface area contributed by atoms with Gasteiger partial charge in [-0.15, -0.1) is 13.2 Å². The molecule has 2 aromatic heterocycles. The Bertz CT molecular complexity index is 1030. The van der Waals surface area contributed by atoms with E-state index in [1.165, 1.54) is 41.9 Å². The topological polar surface area (TPSA) is 69.5 Å². The molecule has 1 saturated heterocycles. The third kappa shape index (κ3) is 4.09. The first-order chi connectivity index (χ1) is 13.4. The number of thiazole rings is 1. The van der Waals surface area contributed by atoms with Gasteiger partial charge in [-0.25, -0.2) is 4.98 Å². The number of benzene rings is 1. The van der Waals surface area contributed by atoms with Crippen LogP contribution in [-0.2, 0) is 11.3 Å². The van der Waals surface area contributed by atoms with E-state index in [0.29, 0.717) is 43.2 Å². The zero-order chi connectivity index (χ0) is 19.7. The lowest BCUT2D eigenvalue weighted by molar-refractivity contribution is -0.274. The zero-order valence-electron chi connectivity index (χ0n) is 14.5. The van der Waals surface area contributed by atoms with Crippen LogP contribution in [0.4, 0.5) is 18.3 Å². The number of morpholine rings is 1. The van der Waals surface area contributed by atoms with Crippen LogP contribution >= 0.6 is 11.3 Å². The van der Waals surface area contributed by atoms with Crippen molar-refractivity contribution in [2.45, 2.75) is 12.9 Å². The smallest absolute Gasteiger partial charge is 0.406 e. The summed E-state index contributed by atoms with van der Waals surface area (Å²) >= 11 is 1.28. The van der Waals surface area contributed by atoms with Crippen molar-refractivity contribution in [2.75, 3.05) is 31.2 Å². The van der Waals surface area contributed by atoms with Crippen molar-refractivity contribution in [3.05, 3.63) is 46.5 Å². The van der Waals surface area contributed by atoms with E-state index in [1.807, 2.05) is 0 Å². The molecule has 0 saturated carbocycles. The fraction of sp³-hybridized carbons (Fsp3) is 0.353. The maximum atomic E-state index is 12.3. The highest BCUT2D eigenvalue weighted by Crippen LogP contribution is 2.27. The van der Waals surface area contributed by atoms with Crippen LogP contribution in [0.15, 0.2) is 35.4 Å². The van der Waals surface area contributed by atoms with E-state index >= 15 is 0 Å². The molecule has 11 heteroatoms. The number of nitrogens with zero attached hydrogens (tertiary/aromatic N) is 4. The van der Waals surface area contributed by atoms with Crippen molar-refractivity contribution in [2.24, 2.45) is 0 Å². The SMILES string of the molecule is O=c1ncn(Cc2ccc(OC(F)(F)F)cc2)c2nc(N3CCOCC3)sc12. The molecule has 0 spiro atoms. The minimum Gasteiger partial charge on any atom is -0.406 e. The van der Waals surface area contributed by atoms with Crippen LogP contribution in [0.1, 0.15) is 5.56 Å². The molecule has 4 rings (SSSR count). The zero-order valence-corrected chi connectivity index (χ0v) is 15.3. The van der Waals surface area contributed by atoms with Gasteiger partial charge in [0.15, 0.2) is 10.8 Å². The van der Waals surface area contributed by atoms with Crippen molar-refractivity contribution < 1.29 is 22.6 Å². The predicted octanol–water partition coefficient (Wildman–Crippen LogP) is 2.64. The Morgan fingerprint density at radius 2 is 1.89 bits per heavy atom. The molecule has 7 nitrogen and oxygen atoms in total. The standard InChI is InChI=1S/C17H15F3N4O3S/c18-17(19,20)27-12-3-1-11(2-4-12)9-24-10-21-15(25)13-14(24)22-16(28-13)23-5-7-26-8-6-23/h1-4,10H,5-9H2. The van der Waals surface area contributed by atoms with Gasteiger partial charge in [-0.3, -0.25) is 4.79 Å². The number of rotatable bonds is 4. The number of hydrogen-bond acceptors (Lipinski definition) is 7. The van der Waals surface area contributed by atoms with E-state index < -0.39 is 6.36 Å².